The number of rotatable bonds is 6. The summed E-state index contributed by atoms with van der Waals surface area (Å²) in [6.45, 7) is 3.92. The Labute approximate surface area is 163 Å². The van der Waals surface area contributed by atoms with Gasteiger partial charge >= 0.3 is 0 Å². The summed E-state index contributed by atoms with van der Waals surface area (Å²) < 4.78 is 1.75. The second-order valence-electron chi connectivity index (χ2n) is 6.16. The SMILES string of the molecule is Cc1cc(C(=O)Nc2ccccc2SC(C)CC#N)nn1-c1ccccc1. The largest absolute Gasteiger partial charge is 0.320 e. The van der Waals surface area contributed by atoms with Gasteiger partial charge in [0.25, 0.3) is 5.91 Å². The average Bonchev–Trinajstić information content (AvgIpc) is 3.06. The number of benzene rings is 2. The fourth-order valence-corrected chi connectivity index (χ4v) is 3.66. The molecule has 6 heteroatoms. The first kappa shape index (κ1) is 18.7. The Kier molecular flexibility index (Phi) is 5.94. The van der Waals surface area contributed by atoms with Crippen LogP contribution in [0.25, 0.3) is 5.69 Å². The number of anilines is 1. The van der Waals surface area contributed by atoms with Crippen molar-refractivity contribution in [1.29, 1.82) is 5.26 Å². The van der Waals surface area contributed by atoms with Gasteiger partial charge in [0.2, 0.25) is 0 Å². The summed E-state index contributed by atoms with van der Waals surface area (Å²) in [4.78, 5) is 13.7. The van der Waals surface area contributed by atoms with Gasteiger partial charge in [-0.3, -0.25) is 4.79 Å². The van der Waals surface area contributed by atoms with E-state index in [2.05, 4.69) is 16.5 Å². The van der Waals surface area contributed by atoms with E-state index >= 15 is 0 Å². The van der Waals surface area contributed by atoms with Crippen LogP contribution >= 0.6 is 11.8 Å². The van der Waals surface area contributed by atoms with Crippen LogP contribution in [0.2, 0.25) is 0 Å². The van der Waals surface area contributed by atoms with Crippen molar-refractivity contribution in [1.82, 2.24) is 9.78 Å². The Hall–Kier alpha value is -3.04. The highest BCUT2D eigenvalue weighted by atomic mass is 32.2. The van der Waals surface area contributed by atoms with E-state index in [0.29, 0.717) is 12.1 Å². The van der Waals surface area contributed by atoms with Crippen LogP contribution in [0, 0.1) is 18.3 Å². The average molecular weight is 376 g/mol. The van der Waals surface area contributed by atoms with E-state index in [-0.39, 0.29) is 11.2 Å². The molecule has 27 heavy (non-hydrogen) atoms. The van der Waals surface area contributed by atoms with E-state index in [1.54, 1.807) is 22.5 Å². The molecule has 0 saturated heterocycles. The van der Waals surface area contributed by atoms with Crippen molar-refractivity contribution in [3.8, 4) is 11.8 Å². The van der Waals surface area contributed by atoms with E-state index < -0.39 is 0 Å². The lowest BCUT2D eigenvalue weighted by molar-refractivity contribution is 0.102. The highest BCUT2D eigenvalue weighted by molar-refractivity contribution is 8.00. The molecule has 1 aromatic heterocycles. The van der Waals surface area contributed by atoms with Crippen LogP contribution in [-0.4, -0.2) is 20.9 Å². The molecular weight excluding hydrogens is 356 g/mol. The number of hydrogen-bond acceptors (Lipinski definition) is 4. The number of carbonyl (C=O) groups excluding carboxylic acids is 1. The maximum atomic E-state index is 12.7. The van der Waals surface area contributed by atoms with E-state index in [9.17, 15) is 4.79 Å². The molecule has 1 amide bonds. The minimum Gasteiger partial charge on any atom is -0.320 e. The second-order valence-corrected chi connectivity index (χ2v) is 7.64. The van der Waals surface area contributed by atoms with Crippen LogP contribution in [0.3, 0.4) is 0 Å². The van der Waals surface area contributed by atoms with Crippen molar-refractivity contribution in [2.45, 2.75) is 30.4 Å². The molecule has 3 rings (SSSR count). The summed E-state index contributed by atoms with van der Waals surface area (Å²) in [6, 6.07) is 21.3. The molecule has 0 radical (unpaired) electrons. The molecule has 136 valence electrons. The minimum absolute atomic E-state index is 0.146. The fraction of sp³-hybridized carbons (Fsp3) is 0.190. The van der Waals surface area contributed by atoms with Gasteiger partial charge in [-0.2, -0.15) is 10.4 Å². The predicted molar refractivity (Wildman–Crippen MR) is 108 cm³/mol. The summed E-state index contributed by atoms with van der Waals surface area (Å²) in [6.07, 6.45) is 0.452. The third-order valence-electron chi connectivity index (χ3n) is 3.96. The molecule has 0 saturated carbocycles. The molecule has 0 aliphatic heterocycles. The highest BCUT2D eigenvalue weighted by Gasteiger charge is 2.16. The number of nitriles is 1. The van der Waals surface area contributed by atoms with Gasteiger partial charge in [0.05, 0.1) is 17.4 Å². The van der Waals surface area contributed by atoms with Crippen molar-refractivity contribution < 1.29 is 4.79 Å². The molecule has 1 heterocycles. The molecule has 0 aliphatic rings. The molecule has 2 aromatic carbocycles. The molecular formula is C21H20N4OS. The number of nitrogens with zero attached hydrogens (tertiary/aromatic N) is 3. The summed E-state index contributed by atoms with van der Waals surface area (Å²) >= 11 is 1.57. The number of nitrogens with one attached hydrogen (secondary N) is 1. The first-order chi connectivity index (χ1) is 13.1. The van der Waals surface area contributed by atoms with Gasteiger partial charge in [-0.15, -0.1) is 11.8 Å². The normalized spacial score (nSPS) is 11.6. The van der Waals surface area contributed by atoms with E-state index in [1.165, 1.54) is 0 Å². The van der Waals surface area contributed by atoms with E-state index in [1.807, 2.05) is 68.4 Å². The van der Waals surface area contributed by atoms with Crippen LogP contribution in [0.1, 0.15) is 29.5 Å². The standard InChI is InChI=1S/C21H20N4OS/c1-15-14-19(24-25(15)17-8-4-3-5-9-17)21(26)23-18-10-6-7-11-20(18)27-16(2)12-13-22/h3-11,14,16H,12H2,1-2H3,(H,23,26). The van der Waals surface area contributed by atoms with E-state index in [4.69, 9.17) is 5.26 Å². The van der Waals surface area contributed by atoms with E-state index in [0.717, 1.165) is 22.0 Å². The zero-order chi connectivity index (χ0) is 19.2. The van der Waals surface area contributed by atoms with Crippen molar-refractivity contribution in [3.05, 3.63) is 72.1 Å². The van der Waals surface area contributed by atoms with Gasteiger partial charge in [0, 0.05) is 22.3 Å². The minimum atomic E-state index is -0.256. The third kappa shape index (κ3) is 4.57. The lowest BCUT2D eigenvalue weighted by Crippen LogP contribution is -2.14. The molecule has 5 nitrogen and oxygen atoms in total. The maximum absolute atomic E-state index is 12.7. The number of hydrogen-bond donors (Lipinski definition) is 1. The number of aromatic nitrogens is 2. The molecule has 1 unspecified atom stereocenters. The van der Waals surface area contributed by atoms with Crippen molar-refractivity contribution in [2.24, 2.45) is 0 Å². The molecule has 1 atom stereocenters. The summed E-state index contributed by atoms with van der Waals surface area (Å²) in [5.74, 6) is -0.256. The number of aryl methyl sites for hydroxylation is 1. The van der Waals surface area contributed by atoms with Crippen LogP contribution in [0.5, 0.6) is 0 Å². The van der Waals surface area contributed by atoms with Crippen molar-refractivity contribution in [3.63, 3.8) is 0 Å². The Morgan fingerprint density at radius 3 is 2.67 bits per heavy atom. The zero-order valence-corrected chi connectivity index (χ0v) is 16.0. The Bertz CT molecular complexity index is 975. The number of carbonyl (C=O) groups is 1. The number of thioether (sulfide) groups is 1. The maximum Gasteiger partial charge on any atom is 0.276 e. The van der Waals surface area contributed by atoms with Crippen LogP contribution in [0.15, 0.2) is 65.6 Å². The first-order valence-electron chi connectivity index (χ1n) is 8.64. The Morgan fingerprint density at radius 1 is 1.22 bits per heavy atom. The molecule has 0 fully saturated rings. The first-order valence-corrected chi connectivity index (χ1v) is 9.52. The summed E-state index contributed by atoms with van der Waals surface area (Å²) in [5, 5.41) is 16.4. The van der Waals surface area contributed by atoms with Gasteiger partial charge in [-0.05, 0) is 37.3 Å². The van der Waals surface area contributed by atoms with Crippen molar-refractivity contribution in [2.75, 3.05) is 5.32 Å². The quantitative estimate of drug-likeness (QED) is 0.626. The molecule has 1 N–H and O–H groups in total. The van der Waals surface area contributed by atoms with Crippen molar-refractivity contribution >= 4 is 23.4 Å². The fourth-order valence-electron chi connectivity index (χ4n) is 2.66. The van der Waals surface area contributed by atoms with Gasteiger partial charge < -0.3 is 5.32 Å². The van der Waals surface area contributed by atoms with Crippen LogP contribution < -0.4 is 5.32 Å². The van der Waals surface area contributed by atoms with Gasteiger partial charge in [0.15, 0.2) is 5.69 Å². The van der Waals surface area contributed by atoms with Crippen LogP contribution in [0.4, 0.5) is 5.69 Å². The molecule has 0 bridgehead atoms. The number of para-hydroxylation sites is 2. The topological polar surface area (TPSA) is 70.7 Å². The lowest BCUT2D eigenvalue weighted by Gasteiger charge is -2.12. The predicted octanol–water partition coefficient (Wildman–Crippen LogP) is 4.83. The smallest absolute Gasteiger partial charge is 0.276 e. The summed E-state index contributed by atoms with van der Waals surface area (Å²) in [7, 11) is 0. The molecule has 0 aliphatic carbocycles. The molecule has 0 spiro atoms. The van der Waals surface area contributed by atoms with Gasteiger partial charge in [-0.25, -0.2) is 4.68 Å². The second kappa shape index (κ2) is 8.56. The lowest BCUT2D eigenvalue weighted by atomic mass is 10.3. The Morgan fingerprint density at radius 2 is 1.93 bits per heavy atom. The molecule has 3 aromatic rings. The summed E-state index contributed by atoms with van der Waals surface area (Å²) in [5.41, 5.74) is 2.89. The van der Waals surface area contributed by atoms with Crippen LogP contribution in [-0.2, 0) is 0 Å². The zero-order valence-electron chi connectivity index (χ0n) is 15.2. The van der Waals surface area contributed by atoms with Gasteiger partial charge in [0.1, 0.15) is 0 Å². The monoisotopic (exact) mass is 376 g/mol. The highest BCUT2D eigenvalue weighted by Crippen LogP contribution is 2.31. The Balaban J connectivity index is 1.80. The van der Waals surface area contributed by atoms with Gasteiger partial charge in [-0.1, -0.05) is 37.3 Å². The number of amides is 1. The third-order valence-corrected chi connectivity index (χ3v) is 5.14.